The Morgan fingerprint density at radius 3 is 2.04 bits per heavy atom. The van der Waals surface area contributed by atoms with E-state index in [0.29, 0.717) is 17.4 Å². The molecule has 0 bridgehead atoms. The lowest BCUT2D eigenvalue weighted by atomic mass is 9.96. The number of rotatable bonds is 17. The number of hydrogen-bond acceptors (Lipinski definition) is 3. The minimum Gasteiger partial charge on any atom is -0.481 e. The third-order valence-corrected chi connectivity index (χ3v) is 4.83. The second-order valence-corrected chi connectivity index (χ2v) is 9.09. The van der Waals surface area contributed by atoms with E-state index in [4.69, 9.17) is 9.84 Å². The normalized spacial score (nSPS) is 14.0. The maximum atomic E-state index is 12.0. The molecule has 1 N–H and O–H groups in total. The molecular weight excluding hydrogens is 342 g/mol. The van der Waals surface area contributed by atoms with E-state index in [0.717, 1.165) is 25.2 Å². The van der Waals surface area contributed by atoms with Crippen molar-refractivity contribution >= 4 is 11.9 Å². The molecule has 0 aliphatic rings. The zero-order chi connectivity index (χ0) is 20.7. The Morgan fingerprint density at radius 1 is 0.926 bits per heavy atom. The molecule has 0 radical (unpaired) electrons. The van der Waals surface area contributed by atoms with Crippen molar-refractivity contribution in [3.63, 3.8) is 0 Å². The second kappa shape index (κ2) is 14.9. The van der Waals surface area contributed by atoms with Crippen LogP contribution in [-0.4, -0.2) is 55.3 Å². The highest BCUT2D eigenvalue weighted by Gasteiger charge is 2.24. The molecule has 0 aromatic rings. The third-order valence-electron chi connectivity index (χ3n) is 4.83. The zero-order valence-corrected chi connectivity index (χ0v) is 18.5. The highest BCUT2D eigenvalue weighted by molar-refractivity contribution is 5.71. The number of carboxylic acids is 1. The second-order valence-electron chi connectivity index (χ2n) is 9.09. The molecule has 0 saturated carbocycles. The largest absolute Gasteiger partial charge is 0.481 e. The number of quaternary nitrogens is 1. The van der Waals surface area contributed by atoms with Crippen molar-refractivity contribution in [3.05, 3.63) is 0 Å². The summed E-state index contributed by atoms with van der Waals surface area (Å²) < 4.78 is 5.98. The van der Waals surface area contributed by atoms with Crippen LogP contribution in [0.25, 0.3) is 0 Å². The molecule has 0 saturated heterocycles. The summed E-state index contributed by atoms with van der Waals surface area (Å²) in [5, 5.41) is 8.99. The Bertz CT molecular complexity index is 404. The first-order chi connectivity index (χ1) is 12.6. The fraction of sp³-hybridized carbons (Fsp3) is 0.909. The molecule has 0 amide bonds. The minimum atomic E-state index is -0.926. The van der Waals surface area contributed by atoms with Gasteiger partial charge < -0.3 is 14.3 Å². The highest BCUT2D eigenvalue weighted by Crippen LogP contribution is 2.17. The maximum Gasteiger partial charge on any atom is 0.307 e. The van der Waals surface area contributed by atoms with Crippen molar-refractivity contribution in [1.29, 1.82) is 0 Å². The van der Waals surface area contributed by atoms with E-state index in [2.05, 4.69) is 13.8 Å². The Morgan fingerprint density at radius 2 is 1.48 bits per heavy atom. The Hall–Kier alpha value is -1.10. The van der Waals surface area contributed by atoms with Crippen LogP contribution < -0.4 is 0 Å². The molecule has 0 aromatic carbocycles. The van der Waals surface area contributed by atoms with Crippen molar-refractivity contribution in [2.45, 2.75) is 97.0 Å². The van der Waals surface area contributed by atoms with Crippen molar-refractivity contribution in [1.82, 2.24) is 0 Å². The van der Waals surface area contributed by atoms with Gasteiger partial charge in [-0.05, 0) is 12.3 Å². The van der Waals surface area contributed by atoms with Gasteiger partial charge >= 0.3 is 11.9 Å². The third kappa shape index (κ3) is 18.0. The molecule has 0 heterocycles. The predicted octanol–water partition coefficient (Wildman–Crippen LogP) is 5.03. The van der Waals surface area contributed by atoms with Gasteiger partial charge in [-0.25, -0.2) is 0 Å². The van der Waals surface area contributed by atoms with Gasteiger partial charge in [0.25, 0.3) is 0 Å². The number of hydrogen-bond donors (Lipinski definition) is 1. The van der Waals surface area contributed by atoms with Gasteiger partial charge in [-0.1, -0.05) is 71.6 Å². The van der Waals surface area contributed by atoms with Crippen molar-refractivity contribution < 1.29 is 23.9 Å². The van der Waals surface area contributed by atoms with Gasteiger partial charge in [0.1, 0.15) is 6.54 Å². The molecule has 2 unspecified atom stereocenters. The number of carbonyl (C=O) groups is 2. The van der Waals surface area contributed by atoms with E-state index in [1.165, 1.54) is 44.9 Å². The molecule has 5 nitrogen and oxygen atoms in total. The lowest BCUT2D eigenvalue weighted by Gasteiger charge is -2.28. The van der Waals surface area contributed by atoms with Crippen LogP contribution in [0.4, 0.5) is 0 Å². The summed E-state index contributed by atoms with van der Waals surface area (Å²) >= 11 is 0. The standard InChI is InChI=1S/C22H43NO4/c1-6-7-11-14-19(2)15-12-9-8-10-13-16-22(26)27-20(17-21(24)25)18-23(3,4)5/h19-20H,6-18H2,1-5H3/p+1. The van der Waals surface area contributed by atoms with Gasteiger partial charge in [-0.2, -0.15) is 0 Å². The summed E-state index contributed by atoms with van der Waals surface area (Å²) in [6.07, 6.45) is 11.9. The number of unbranched alkanes of at least 4 members (excludes halogenated alkanes) is 6. The first kappa shape index (κ1) is 25.9. The SMILES string of the molecule is CCCCCC(C)CCCCCCCC(=O)OC(CC(=O)O)C[N+](C)(C)C. The summed E-state index contributed by atoms with van der Waals surface area (Å²) in [6, 6.07) is 0. The Balaban J connectivity index is 3.81. The van der Waals surface area contributed by atoms with Crippen LogP contribution in [0.1, 0.15) is 90.9 Å². The first-order valence-electron chi connectivity index (χ1n) is 10.9. The summed E-state index contributed by atoms with van der Waals surface area (Å²) in [5.74, 6) is -0.358. The molecule has 0 aliphatic heterocycles. The van der Waals surface area contributed by atoms with Gasteiger partial charge in [0.15, 0.2) is 6.10 Å². The summed E-state index contributed by atoms with van der Waals surface area (Å²) in [7, 11) is 5.90. The van der Waals surface area contributed by atoms with Crippen LogP contribution >= 0.6 is 0 Å². The predicted molar refractivity (Wildman–Crippen MR) is 111 cm³/mol. The van der Waals surface area contributed by atoms with Gasteiger partial charge in [-0.3, -0.25) is 9.59 Å². The van der Waals surface area contributed by atoms with E-state index in [9.17, 15) is 9.59 Å². The monoisotopic (exact) mass is 386 g/mol. The summed E-state index contributed by atoms with van der Waals surface area (Å²) in [4.78, 5) is 23.0. The first-order valence-corrected chi connectivity index (χ1v) is 10.9. The number of carboxylic acid groups (broad SMARTS) is 1. The number of esters is 1. The van der Waals surface area contributed by atoms with Crippen LogP contribution in [0.5, 0.6) is 0 Å². The topological polar surface area (TPSA) is 63.6 Å². The number of aliphatic carboxylic acids is 1. The van der Waals surface area contributed by atoms with Gasteiger partial charge in [0.2, 0.25) is 0 Å². The van der Waals surface area contributed by atoms with Crippen LogP contribution in [0.15, 0.2) is 0 Å². The number of carbonyl (C=O) groups excluding carboxylic acids is 1. The zero-order valence-electron chi connectivity index (χ0n) is 18.5. The van der Waals surface area contributed by atoms with Crippen LogP contribution in [0, 0.1) is 5.92 Å². The molecule has 5 heteroatoms. The van der Waals surface area contributed by atoms with E-state index in [1.807, 2.05) is 21.1 Å². The van der Waals surface area contributed by atoms with Crippen molar-refractivity contribution in [2.75, 3.05) is 27.7 Å². The van der Waals surface area contributed by atoms with Crippen LogP contribution in [0.3, 0.4) is 0 Å². The summed E-state index contributed by atoms with van der Waals surface area (Å²) in [5.41, 5.74) is 0. The molecule has 160 valence electrons. The van der Waals surface area contributed by atoms with Gasteiger partial charge in [0, 0.05) is 6.42 Å². The average molecular weight is 387 g/mol. The molecular formula is C22H44NO4+. The maximum absolute atomic E-state index is 12.0. The summed E-state index contributed by atoms with van der Waals surface area (Å²) in [6.45, 7) is 5.11. The highest BCUT2D eigenvalue weighted by atomic mass is 16.5. The molecule has 0 spiro atoms. The molecule has 0 fully saturated rings. The minimum absolute atomic E-state index is 0.127. The Labute approximate surface area is 167 Å². The van der Waals surface area contributed by atoms with E-state index < -0.39 is 12.1 Å². The smallest absolute Gasteiger partial charge is 0.307 e. The molecule has 0 aliphatic carbocycles. The number of ether oxygens (including phenoxy) is 1. The molecule has 27 heavy (non-hydrogen) atoms. The molecule has 2 atom stereocenters. The fourth-order valence-electron chi connectivity index (χ4n) is 3.37. The van der Waals surface area contributed by atoms with E-state index in [1.54, 1.807) is 0 Å². The van der Waals surface area contributed by atoms with E-state index >= 15 is 0 Å². The Kier molecular flexibility index (Phi) is 14.3. The lowest BCUT2D eigenvalue weighted by Crippen LogP contribution is -2.43. The van der Waals surface area contributed by atoms with E-state index in [-0.39, 0.29) is 12.4 Å². The quantitative estimate of drug-likeness (QED) is 0.216. The van der Waals surface area contributed by atoms with Crippen molar-refractivity contribution in [3.8, 4) is 0 Å². The number of likely N-dealkylation sites (N-methyl/N-ethyl adjacent to an activating group) is 1. The van der Waals surface area contributed by atoms with Gasteiger partial charge in [0.05, 0.1) is 27.6 Å². The van der Waals surface area contributed by atoms with Gasteiger partial charge in [-0.15, -0.1) is 0 Å². The van der Waals surface area contributed by atoms with Crippen molar-refractivity contribution in [2.24, 2.45) is 5.92 Å². The average Bonchev–Trinajstić information content (AvgIpc) is 2.51. The fourth-order valence-corrected chi connectivity index (χ4v) is 3.37. The van der Waals surface area contributed by atoms with Crippen LogP contribution in [-0.2, 0) is 14.3 Å². The lowest BCUT2D eigenvalue weighted by molar-refractivity contribution is -0.873. The molecule has 0 aromatic heterocycles. The number of nitrogens with zero attached hydrogens (tertiary/aromatic N) is 1. The molecule has 0 rings (SSSR count). The van der Waals surface area contributed by atoms with Crippen LogP contribution in [0.2, 0.25) is 0 Å².